The lowest BCUT2D eigenvalue weighted by Gasteiger charge is -2.06. The van der Waals surface area contributed by atoms with E-state index in [4.69, 9.17) is 9.15 Å². The van der Waals surface area contributed by atoms with E-state index in [1.807, 2.05) is 24.3 Å². The fraction of sp³-hybridized carbons (Fsp3) is 0.150. The fourth-order valence-corrected chi connectivity index (χ4v) is 2.48. The molecule has 1 amide bonds. The lowest BCUT2D eigenvalue weighted by molar-refractivity contribution is -0.384. The van der Waals surface area contributed by atoms with Crippen LogP contribution in [0, 0.1) is 10.1 Å². The van der Waals surface area contributed by atoms with Gasteiger partial charge < -0.3 is 19.6 Å². The van der Waals surface area contributed by atoms with E-state index >= 15 is 0 Å². The number of nitro groups is 1. The normalized spacial score (nSPS) is 10.5. The monoisotopic (exact) mass is 382 g/mol. The Kier molecular flexibility index (Phi) is 5.59. The molecular formula is C20H18N2O6. The number of amides is 1. The molecule has 0 saturated heterocycles. The third-order valence-electron chi connectivity index (χ3n) is 4.04. The van der Waals surface area contributed by atoms with E-state index in [1.165, 1.54) is 23.8 Å². The molecule has 0 spiro atoms. The highest BCUT2D eigenvalue weighted by atomic mass is 16.6. The maximum absolute atomic E-state index is 12.3. The average Bonchev–Trinajstić information content (AvgIpc) is 3.17. The Labute approximate surface area is 160 Å². The van der Waals surface area contributed by atoms with Crippen LogP contribution in [0.5, 0.6) is 11.5 Å². The molecule has 1 aromatic heterocycles. The van der Waals surface area contributed by atoms with Crippen LogP contribution in [0.25, 0.3) is 0 Å². The molecule has 0 aliphatic rings. The molecule has 3 rings (SSSR count). The van der Waals surface area contributed by atoms with Gasteiger partial charge >= 0.3 is 0 Å². The molecule has 2 aromatic carbocycles. The van der Waals surface area contributed by atoms with Crippen molar-refractivity contribution >= 4 is 17.3 Å². The highest BCUT2D eigenvalue weighted by Gasteiger charge is 2.16. The lowest BCUT2D eigenvalue weighted by Crippen LogP contribution is -2.11. The van der Waals surface area contributed by atoms with Gasteiger partial charge in [-0.15, -0.1) is 0 Å². The van der Waals surface area contributed by atoms with E-state index in [0.29, 0.717) is 11.5 Å². The number of carbonyl (C=O) groups excluding carboxylic acids is 1. The number of benzene rings is 2. The van der Waals surface area contributed by atoms with E-state index in [1.54, 1.807) is 6.07 Å². The van der Waals surface area contributed by atoms with Crippen molar-refractivity contribution in [2.24, 2.45) is 0 Å². The van der Waals surface area contributed by atoms with Crippen LogP contribution in [0.3, 0.4) is 0 Å². The number of anilines is 1. The summed E-state index contributed by atoms with van der Waals surface area (Å²) in [4.78, 5) is 22.3. The van der Waals surface area contributed by atoms with E-state index in [-0.39, 0.29) is 23.7 Å². The summed E-state index contributed by atoms with van der Waals surface area (Å²) in [6.45, 7) is 2.23. The zero-order valence-electron chi connectivity index (χ0n) is 15.0. The Hall–Kier alpha value is -3.81. The number of aryl methyl sites for hydroxylation is 1. The topological polar surface area (TPSA) is 115 Å². The van der Waals surface area contributed by atoms with Gasteiger partial charge in [-0.3, -0.25) is 14.9 Å². The maximum Gasteiger partial charge on any atom is 0.291 e. The molecule has 8 nitrogen and oxygen atoms in total. The zero-order valence-corrected chi connectivity index (χ0v) is 15.0. The van der Waals surface area contributed by atoms with E-state index in [0.717, 1.165) is 12.5 Å². The second-order valence-electron chi connectivity index (χ2n) is 5.96. The number of hydrogen-bond acceptors (Lipinski definition) is 6. The Bertz CT molecular complexity index is 994. The first kappa shape index (κ1) is 19.0. The predicted molar refractivity (Wildman–Crippen MR) is 102 cm³/mol. The summed E-state index contributed by atoms with van der Waals surface area (Å²) in [7, 11) is 0. The first-order valence-corrected chi connectivity index (χ1v) is 8.55. The number of rotatable bonds is 7. The number of aromatic hydroxyl groups is 1. The third-order valence-corrected chi connectivity index (χ3v) is 4.04. The van der Waals surface area contributed by atoms with Crippen LogP contribution in [-0.2, 0) is 13.0 Å². The summed E-state index contributed by atoms with van der Waals surface area (Å²) in [6, 6.07) is 14.2. The van der Waals surface area contributed by atoms with Gasteiger partial charge in [-0.25, -0.2) is 0 Å². The quantitative estimate of drug-likeness (QED) is 0.358. The number of carbonyl (C=O) groups is 1. The van der Waals surface area contributed by atoms with E-state index in [9.17, 15) is 20.0 Å². The number of hydrogen-bond donors (Lipinski definition) is 2. The molecule has 2 N–H and O–H groups in total. The molecule has 0 atom stereocenters. The summed E-state index contributed by atoms with van der Waals surface area (Å²) < 4.78 is 11.1. The molecule has 0 bridgehead atoms. The van der Waals surface area contributed by atoms with Crippen LogP contribution < -0.4 is 10.1 Å². The molecule has 1 heterocycles. The van der Waals surface area contributed by atoms with Crippen molar-refractivity contribution < 1.29 is 24.0 Å². The van der Waals surface area contributed by atoms with Gasteiger partial charge in [0.15, 0.2) is 5.76 Å². The zero-order chi connectivity index (χ0) is 20.1. The van der Waals surface area contributed by atoms with Crippen LogP contribution in [0.4, 0.5) is 11.4 Å². The minimum absolute atomic E-state index is 0.0256. The molecule has 0 aliphatic carbocycles. The predicted octanol–water partition coefficient (Wildman–Crippen LogP) is 4.29. The largest absolute Gasteiger partial charge is 0.506 e. The Morgan fingerprint density at radius 2 is 1.93 bits per heavy atom. The van der Waals surface area contributed by atoms with Crippen LogP contribution in [0.1, 0.15) is 28.8 Å². The number of furan rings is 1. The number of non-ortho nitro benzene ring substituents is 1. The van der Waals surface area contributed by atoms with Crippen molar-refractivity contribution in [1.82, 2.24) is 0 Å². The number of phenols is 1. The molecule has 3 aromatic rings. The SMILES string of the molecule is CCc1ccc(OCc2ccc(C(=O)Nc3ccc([N+](=O)[O-])cc3O)o2)cc1. The minimum Gasteiger partial charge on any atom is -0.506 e. The van der Waals surface area contributed by atoms with Gasteiger partial charge in [0.25, 0.3) is 11.6 Å². The third kappa shape index (κ3) is 4.47. The summed E-state index contributed by atoms with van der Waals surface area (Å²) >= 11 is 0. The summed E-state index contributed by atoms with van der Waals surface area (Å²) in [6.07, 6.45) is 0.946. The van der Waals surface area contributed by atoms with Crippen molar-refractivity contribution in [1.29, 1.82) is 0 Å². The van der Waals surface area contributed by atoms with Gasteiger partial charge in [0, 0.05) is 6.07 Å². The van der Waals surface area contributed by atoms with Gasteiger partial charge in [0.05, 0.1) is 16.7 Å². The Morgan fingerprint density at radius 3 is 2.57 bits per heavy atom. The molecule has 0 radical (unpaired) electrons. The van der Waals surface area contributed by atoms with E-state index < -0.39 is 16.6 Å². The van der Waals surface area contributed by atoms with Crippen molar-refractivity contribution in [3.05, 3.63) is 81.8 Å². The first-order chi connectivity index (χ1) is 13.5. The maximum atomic E-state index is 12.3. The average molecular weight is 382 g/mol. The van der Waals surface area contributed by atoms with Gasteiger partial charge in [0.1, 0.15) is 23.9 Å². The lowest BCUT2D eigenvalue weighted by atomic mass is 10.2. The Balaban J connectivity index is 1.61. The number of nitrogens with zero attached hydrogens (tertiary/aromatic N) is 1. The van der Waals surface area contributed by atoms with Crippen molar-refractivity contribution in [2.45, 2.75) is 20.0 Å². The van der Waals surface area contributed by atoms with Crippen LogP contribution in [0.2, 0.25) is 0 Å². The second kappa shape index (κ2) is 8.26. The van der Waals surface area contributed by atoms with Crippen molar-refractivity contribution in [2.75, 3.05) is 5.32 Å². The molecule has 8 heteroatoms. The summed E-state index contributed by atoms with van der Waals surface area (Å²) in [5.74, 6) is 0.168. The smallest absolute Gasteiger partial charge is 0.291 e. The van der Waals surface area contributed by atoms with Crippen molar-refractivity contribution in [3.63, 3.8) is 0 Å². The second-order valence-corrected chi connectivity index (χ2v) is 5.96. The van der Waals surface area contributed by atoms with Gasteiger partial charge in [-0.2, -0.15) is 0 Å². The summed E-state index contributed by atoms with van der Waals surface area (Å²) in [5, 5.41) is 23.0. The number of phenolic OH excluding ortho intramolecular Hbond substituents is 1. The fourth-order valence-electron chi connectivity index (χ4n) is 2.48. The molecular weight excluding hydrogens is 364 g/mol. The van der Waals surface area contributed by atoms with Gasteiger partial charge in [-0.05, 0) is 42.3 Å². The van der Waals surface area contributed by atoms with E-state index in [2.05, 4.69) is 12.2 Å². The molecule has 0 unspecified atom stereocenters. The Morgan fingerprint density at radius 1 is 1.18 bits per heavy atom. The van der Waals surface area contributed by atoms with Crippen LogP contribution >= 0.6 is 0 Å². The van der Waals surface area contributed by atoms with Gasteiger partial charge in [0.2, 0.25) is 0 Å². The number of nitro benzene ring substituents is 1. The van der Waals surface area contributed by atoms with Crippen LogP contribution in [-0.4, -0.2) is 15.9 Å². The standard InChI is InChI=1S/C20H18N2O6/c1-2-13-3-6-15(7-4-13)27-12-16-8-10-19(28-16)20(24)21-17-9-5-14(22(25)26)11-18(17)23/h3-11,23H,2,12H2,1H3,(H,21,24). The molecule has 0 saturated carbocycles. The molecule has 144 valence electrons. The number of nitrogens with one attached hydrogen (secondary N) is 1. The van der Waals surface area contributed by atoms with Crippen molar-refractivity contribution in [3.8, 4) is 11.5 Å². The van der Waals surface area contributed by atoms with Crippen LogP contribution in [0.15, 0.2) is 59.0 Å². The highest BCUT2D eigenvalue weighted by Crippen LogP contribution is 2.28. The molecule has 0 aliphatic heterocycles. The first-order valence-electron chi connectivity index (χ1n) is 8.55. The summed E-state index contributed by atoms with van der Waals surface area (Å²) in [5.41, 5.74) is 0.972. The minimum atomic E-state index is -0.639. The number of ether oxygens (including phenoxy) is 1. The molecule has 0 fully saturated rings. The van der Waals surface area contributed by atoms with Gasteiger partial charge in [-0.1, -0.05) is 19.1 Å². The highest BCUT2D eigenvalue weighted by molar-refractivity contribution is 6.03. The molecule has 28 heavy (non-hydrogen) atoms.